The topological polar surface area (TPSA) is 35.2 Å². The van der Waals surface area contributed by atoms with Crippen LogP contribution in [0.2, 0.25) is 4.34 Å². The largest absolute Gasteiger partial charge is 0.377 e. The van der Waals surface area contributed by atoms with Crippen molar-refractivity contribution in [3.8, 4) is 0 Å². The van der Waals surface area contributed by atoms with Crippen molar-refractivity contribution in [2.75, 3.05) is 6.61 Å². The van der Waals surface area contributed by atoms with E-state index < -0.39 is 0 Å². The van der Waals surface area contributed by atoms with Crippen molar-refractivity contribution in [1.29, 1.82) is 0 Å². The summed E-state index contributed by atoms with van der Waals surface area (Å²) < 4.78 is 6.37. The van der Waals surface area contributed by atoms with Crippen LogP contribution in [0.3, 0.4) is 0 Å². The first kappa shape index (κ1) is 10.4. The van der Waals surface area contributed by atoms with Crippen molar-refractivity contribution < 1.29 is 4.74 Å². The van der Waals surface area contributed by atoms with Crippen molar-refractivity contribution in [3.05, 3.63) is 21.3 Å². The van der Waals surface area contributed by atoms with Crippen LogP contribution in [0.4, 0.5) is 0 Å². The standard InChI is InChI=1S/C10H14ClNOS/c11-10-4-3-7(14-10)6-8(12)9-2-1-5-13-9/h3-4,8-9H,1-2,5-6,12H2. The fraction of sp³-hybridized carbons (Fsp3) is 0.600. The third kappa shape index (κ3) is 2.48. The monoisotopic (exact) mass is 231 g/mol. The Balaban J connectivity index is 1.90. The molecule has 2 rings (SSSR count). The van der Waals surface area contributed by atoms with Crippen molar-refractivity contribution in [1.82, 2.24) is 0 Å². The van der Waals surface area contributed by atoms with E-state index in [1.54, 1.807) is 11.3 Å². The summed E-state index contributed by atoms with van der Waals surface area (Å²) in [5.41, 5.74) is 6.06. The highest BCUT2D eigenvalue weighted by Crippen LogP contribution is 2.24. The molecular weight excluding hydrogens is 218 g/mol. The lowest BCUT2D eigenvalue weighted by Gasteiger charge is -2.17. The highest BCUT2D eigenvalue weighted by molar-refractivity contribution is 7.16. The Hall–Kier alpha value is -0.0900. The van der Waals surface area contributed by atoms with E-state index in [9.17, 15) is 0 Å². The van der Waals surface area contributed by atoms with E-state index in [1.807, 2.05) is 12.1 Å². The Morgan fingerprint density at radius 1 is 1.64 bits per heavy atom. The predicted octanol–water partition coefficient (Wildman–Crippen LogP) is 2.45. The normalized spacial score (nSPS) is 24.0. The van der Waals surface area contributed by atoms with Crippen molar-refractivity contribution in [2.24, 2.45) is 5.73 Å². The van der Waals surface area contributed by atoms with Gasteiger partial charge in [-0.05, 0) is 31.4 Å². The number of ether oxygens (including phenoxy) is 1. The number of rotatable bonds is 3. The van der Waals surface area contributed by atoms with Crippen LogP contribution in [0.5, 0.6) is 0 Å². The molecule has 0 radical (unpaired) electrons. The fourth-order valence-electron chi connectivity index (χ4n) is 1.77. The summed E-state index contributed by atoms with van der Waals surface area (Å²) in [7, 11) is 0. The molecule has 1 fully saturated rings. The first-order valence-electron chi connectivity index (χ1n) is 4.87. The molecule has 2 N–H and O–H groups in total. The van der Waals surface area contributed by atoms with Gasteiger partial charge in [0, 0.05) is 17.5 Å². The maximum absolute atomic E-state index is 6.06. The van der Waals surface area contributed by atoms with E-state index in [2.05, 4.69) is 0 Å². The second-order valence-corrected chi connectivity index (χ2v) is 5.42. The van der Waals surface area contributed by atoms with Gasteiger partial charge < -0.3 is 10.5 Å². The molecule has 1 aliphatic heterocycles. The number of hydrogen-bond acceptors (Lipinski definition) is 3. The molecule has 1 aliphatic rings. The summed E-state index contributed by atoms with van der Waals surface area (Å²) in [6, 6.07) is 4.08. The first-order valence-corrected chi connectivity index (χ1v) is 6.06. The maximum atomic E-state index is 6.06. The number of hydrogen-bond donors (Lipinski definition) is 1. The number of thiophene rings is 1. The van der Waals surface area contributed by atoms with Gasteiger partial charge in [-0.3, -0.25) is 0 Å². The van der Waals surface area contributed by atoms with Gasteiger partial charge in [-0.25, -0.2) is 0 Å². The summed E-state index contributed by atoms with van der Waals surface area (Å²) in [5, 5.41) is 0. The lowest BCUT2D eigenvalue weighted by atomic mass is 10.1. The Labute approximate surface area is 93.0 Å². The summed E-state index contributed by atoms with van der Waals surface area (Å²) in [6.45, 7) is 0.865. The van der Waals surface area contributed by atoms with Gasteiger partial charge in [0.1, 0.15) is 0 Å². The van der Waals surface area contributed by atoms with E-state index in [0.29, 0.717) is 0 Å². The minimum atomic E-state index is 0.118. The van der Waals surface area contributed by atoms with Gasteiger partial charge in [0.2, 0.25) is 0 Å². The van der Waals surface area contributed by atoms with Gasteiger partial charge in [0.15, 0.2) is 0 Å². The fourth-order valence-corrected chi connectivity index (χ4v) is 2.92. The van der Waals surface area contributed by atoms with Crippen LogP contribution in [-0.2, 0) is 11.2 Å². The highest BCUT2D eigenvalue weighted by atomic mass is 35.5. The Morgan fingerprint density at radius 3 is 3.07 bits per heavy atom. The molecule has 1 aromatic rings. The molecule has 0 aliphatic carbocycles. The average molecular weight is 232 g/mol. The van der Waals surface area contributed by atoms with Crippen molar-refractivity contribution in [2.45, 2.75) is 31.4 Å². The second-order valence-electron chi connectivity index (χ2n) is 3.63. The highest BCUT2D eigenvalue weighted by Gasteiger charge is 2.23. The van der Waals surface area contributed by atoms with Gasteiger partial charge >= 0.3 is 0 Å². The Morgan fingerprint density at radius 2 is 2.50 bits per heavy atom. The van der Waals surface area contributed by atoms with E-state index in [-0.39, 0.29) is 12.1 Å². The predicted molar refractivity (Wildman–Crippen MR) is 60.0 cm³/mol. The quantitative estimate of drug-likeness (QED) is 0.868. The molecule has 2 unspecified atom stereocenters. The SMILES string of the molecule is NC(Cc1ccc(Cl)s1)C1CCCO1. The number of halogens is 1. The van der Waals surface area contributed by atoms with Crippen molar-refractivity contribution >= 4 is 22.9 Å². The van der Waals surface area contributed by atoms with Gasteiger partial charge in [-0.1, -0.05) is 11.6 Å². The summed E-state index contributed by atoms with van der Waals surface area (Å²) >= 11 is 7.45. The maximum Gasteiger partial charge on any atom is 0.0931 e. The molecule has 0 spiro atoms. The van der Waals surface area contributed by atoms with Crippen LogP contribution in [0.25, 0.3) is 0 Å². The lowest BCUT2D eigenvalue weighted by molar-refractivity contribution is 0.0902. The van der Waals surface area contributed by atoms with Crippen LogP contribution in [0, 0.1) is 0 Å². The molecule has 2 nitrogen and oxygen atoms in total. The third-order valence-electron chi connectivity index (χ3n) is 2.51. The van der Waals surface area contributed by atoms with Crippen LogP contribution in [-0.4, -0.2) is 18.8 Å². The Kier molecular flexibility index (Phi) is 3.44. The zero-order chi connectivity index (χ0) is 9.97. The Bertz CT molecular complexity index is 296. The minimum absolute atomic E-state index is 0.118. The van der Waals surface area contributed by atoms with Gasteiger partial charge in [-0.2, -0.15) is 0 Å². The van der Waals surface area contributed by atoms with Crippen LogP contribution in [0.1, 0.15) is 17.7 Å². The van der Waals surface area contributed by atoms with E-state index >= 15 is 0 Å². The van der Waals surface area contributed by atoms with Gasteiger partial charge in [-0.15, -0.1) is 11.3 Å². The molecule has 0 bridgehead atoms. The molecule has 78 valence electrons. The lowest BCUT2D eigenvalue weighted by Crippen LogP contribution is -2.35. The molecule has 0 saturated carbocycles. The van der Waals surface area contributed by atoms with E-state index in [0.717, 1.165) is 30.2 Å². The summed E-state index contributed by atoms with van der Waals surface area (Å²) in [4.78, 5) is 1.25. The van der Waals surface area contributed by atoms with Crippen LogP contribution in [0.15, 0.2) is 12.1 Å². The second kappa shape index (κ2) is 4.62. The smallest absolute Gasteiger partial charge is 0.0931 e. The van der Waals surface area contributed by atoms with Gasteiger partial charge in [0.25, 0.3) is 0 Å². The van der Waals surface area contributed by atoms with Crippen LogP contribution >= 0.6 is 22.9 Å². The molecule has 1 aromatic heterocycles. The van der Waals surface area contributed by atoms with E-state index in [4.69, 9.17) is 22.1 Å². The van der Waals surface area contributed by atoms with E-state index in [1.165, 1.54) is 4.88 Å². The minimum Gasteiger partial charge on any atom is -0.377 e. The van der Waals surface area contributed by atoms with Crippen LogP contribution < -0.4 is 5.73 Å². The summed E-state index contributed by atoms with van der Waals surface area (Å²) in [6.07, 6.45) is 3.36. The van der Waals surface area contributed by atoms with Gasteiger partial charge in [0.05, 0.1) is 10.4 Å². The average Bonchev–Trinajstić information content (AvgIpc) is 2.75. The first-order chi connectivity index (χ1) is 6.75. The molecule has 0 amide bonds. The zero-order valence-corrected chi connectivity index (χ0v) is 9.48. The number of nitrogens with two attached hydrogens (primary N) is 1. The molecule has 2 heterocycles. The molecule has 0 aromatic carbocycles. The third-order valence-corrected chi connectivity index (χ3v) is 3.76. The molecule has 2 atom stereocenters. The molecule has 1 saturated heterocycles. The van der Waals surface area contributed by atoms with Crippen molar-refractivity contribution in [3.63, 3.8) is 0 Å². The molecule has 4 heteroatoms. The molecule has 14 heavy (non-hydrogen) atoms. The summed E-state index contributed by atoms with van der Waals surface area (Å²) in [5.74, 6) is 0. The zero-order valence-electron chi connectivity index (χ0n) is 7.91. The molecular formula is C10H14ClNOS.